The van der Waals surface area contributed by atoms with Crippen LogP contribution >= 0.6 is 11.3 Å². The molecule has 0 bridgehead atoms. The molecule has 3 rings (SSSR count). The molecule has 3 heterocycles. The number of carbonyl (C=O) groups is 1. The summed E-state index contributed by atoms with van der Waals surface area (Å²) in [5.74, 6) is 0.803. The molecule has 3 atom stereocenters. The predicted molar refractivity (Wildman–Crippen MR) is 78.9 cm³/mol. The summed E-state index contributed by atoms with van der Waals surface area (Å²) in [5.41, 5.74) is 0.599. The molecule has 0 saturated carbocycles. The van der Waals surface area contributed by atoms with Gasteiger partial charge in [-0.1, -0.05) is 6.92 Å². The number of rotatable bonds is 2. The summed E-state index contributed by atoms with van der Waals surface area (Å²) < 4.78 is 5.64. The zero-order valence-corrected chi connectivity index (χ0v) is 13.0. The van der Waals surface area contributed by atoms with Crippen LogP contribution < -0.4 is 0 Å². The topological polar surface area (TPSA) is 42.4 Å². The van der Waals surface area contributed by atoms with E-state index >= 15 is 0 Å². The van der Waals surface area contributed by atoms with E-state index in [0.29, 0.717) is 17.7 Å². The molecule has 20 heavy (non-hydrogen) atoms. The molecule has 0 N–H and O–H groups in total. The Morgan fingerprint density at radius 2 is 2.30 bits per heavy atom. The fourth-order valence-corrected chi connectivity index (χ4v) is 4.04. The summed E-state index contributed by atoms with van der Waals surface area (Å²) in [4.78, 5) is 19.1. The van der Waals surface area contributed by atoms with Gasteiger partial charge in [-0.15, -0.1) is 11.3 Å². The van der Waals surface area contributed by atoms with Crippen LogP contribution in [0, 0.1) is 5.92 Å². The van der Waals surface area contributed by atoms with E-state index in [9.17, 15) is 4.79 Å². The summed E-state index contributed by atoms with van der Waals surface area (Å²) in [5, 5.41) is 2.85. The van der Waals surface area contributed by atoms with Gasteiger partial charge in [-0.25, -0.2) is 4.98 Å². The zero-order valence-electron chi connectivity index (χ0n) is 12.2. The molecule has 1 amide bonds. The maximum absolute atomic E-state index is 12.6. The third-order valence-corrected chi connectivity index (χ3v) is 5.28. The molecule has 0 radical (unpaired) electrons. The highest BCUT2D eigenvalue weighted by molar-refractivity contribution is 7.09. The van der Waals surface area contributed by atoms with Crippen molar-refractivity contribution in [2.75, 3.05) is 13.2 Å². The lowest BCUT2D eigenvalue weighted by atomic mass is 9.93. The number of aromatic nitrogens is 1. The van der Waals surface area contributed by atoms with Gasteiger partial charge in [-0.05, 0) is 38.5 Å². The Kier molecular flexibility index (Phi) is 4.08. The molecule has 1 unspecified atom stereocenters. The smallest absolute Gasteiger partial charge is 0.273 e. The average molecular weight is 294 g/mol. The number of piperidine rings is 1. The second-order valence-corrected chi connectivity index (χ2v) is 6.94. The van der Waals surface area contributed by atoms with Gasteiger partial charge in [0.25, 0.3) is 5.91 Å². The van der Waals surface area contributed by atoms with Crippen molar-refractivity contribution in [3.63, 3.8) is 0 Å². The van der Waals surface area contributed by atoms with Crippen molar-refractivity contribution in [3.05, 3.63) is 16.1 Å². The van der Waals surface area contributed by atoms with E-state index in [2.05, 4.69) is 18.8 Å². The zero-order chi connectivity index (χ0) is 14.1. The predicted octanol–water partition coefficient (Wildman–Crippen LogP) is 3.26. The highest BCUT2D eigenvalue weighted by atomic mass is 32.1. The maximum Gasteiger partial charge on any atom is 0.273 e. The number of hydrogen-bond acceptors (Lipinski definition) is 4. The van der Waals surface area contributed by atoms with E-state index in [1.807, 2.05) is 10.3 Å². The lowest BCUT2D eigenvalue weighted by Gasteiger charge is -2.36. The van der Waals surface area contributed by atoms with Crippen LogP contribution in [0.3, 0.4) is 0 Å². The fraction of sp³-hybridized carbons (Fsp3) is 0.733. The van der Waals surface area contributed by atoms with Crippen molar-refractivity contribution in [3.8, 4) is 0 Å². The Morgan fingerprint density at radius 3 is 3.00 bits per heavy atom. The summed E-state index contributed by atoms with van der Waals surface area (Å²) in [6, 6.07) is 0.319. The van der Waals surface area contributed by atoms with Crippen molar-refractivity contribution in [1.29, 1.82) is 0 Å². The van der Waals surface area contributed by atoms with Gasteiger partial charge in [0.1, 0.15) is 16.8 Å². The van der Waals surface area contributed by atoms with Crippen molar-refractivity contribution >= 4 is 17.2 Å². The minimum Gasteiger partial charge on any atom is -0.371 e. The van der Waals surface area contributed by atoms with E-state index < -0.39 is 0 Å². The van der Waals surface area contributed by atoms with Crippen molar-refractivity contribution in [2.24, 2.45) is 5.92 Å². The Bertz CT molecular complexity index is 482. The Balaban J connectivity index is 1.70. The highest BCUT2D eigenvalue weighted by Crippen LogP contribution is 2.31. The maximum atomic E-state index is 12.6. The van der Waals surface area contributed by atoms with Gasteiger partial charge in [0, 0.05) is 24.6 Å². The molecule has 0 aromatic carbocycles. The van der Waals surface area contributed by atoms with E-state index in [4.69, 9.17) is 4.74 Å². The van der Waals surface area contributed by atoms with Crippen molar-refractivity contribution in [2.45, 2.75) is 51.7 Å². The summed E-state index contributed by atoms with van der Waals surface area (Å²) in [6.07, 6.45) is 4.42. The van der Waals surface area contributed by atoms with Crippen LogP contribution in [0.4, 0.5) is 0 Å². The van der Waals surface area contributed by atoms with Gasteiger partial charge in [-0.2, -0.15) is 0 Å². The van der Waals surface area contributed by atoms with Crippen LogP contribution in [0.15, 0.2) is 5.38 Å². The fourth-order valence-electron chi connectivity index (χ4n) is 3.16. The largest absolute Gasteiger partial charge is 0.371 e. The molecular formula is C15H22N2O2S. The molecule has 0 spiro atoms. The van der Waals surface area contributed by atoms with Crippen LogP contribution in [0.2, 0.25) is 0 Å². The minimum atomic E-state index is 0.0879. The van der Waals surface area contributed by atoms with Crippen LogP contribution in [0.1, 0.15) is 61.1 Å². The van der Waals surface area contributed by atoms with Crippen LogP contribution in [-0.2, 0) is 4.74 Å². The number of thiazole rings is 1. The molecule has 2 saturated heterocycles. The van der Waals surface area contributed by atoms with Gasteiger partial charge in [-0.3, -0.25) is 4.79 Å². The molecule has 1 aromatic rings. The summed E-state index contributed by atoms with van der Waals surface area (Å²) in [6.45, 7) is 6.07. The summed E-state index contributed by atoms with van der Waals surface area (Å²) >= 11 is 1.56. The third-order valence-electron chi connectivity index (χ3n) is 4.35. The number of ether oxygens (including phenoxy) is 1. The number of nitrogens with zero attached hydrogens (tertiary/aromatic N) is 2. The van der Waals surface area contributed by atoms with Gasteiger partial charge >= 0.3 is 0 Å². The SMILES string of the molecule is C[C@@H]1CCN(C(=O)c2csc(C3CCCO3)n2)[C@H](C)C1. The Morgan fingerprint density at radius 1 is 1.45 bits per heavy atom. The van der Waals surface area contributed by atoms with E-state index in [1.54, 1.807) is 11.3 Å². The number of amides is 1. The molecule has 110 valence electrons. The molecule has 1 aromatic heterocycles. The first-order valence-corrected chi connectivity index (χ1v) is 8.41. The van der Waals surface area contributed by atoms with Crippen LogP contribution in [-0.4, -0.2) is 35.0 Å². The molecule has 0 aliphatic carbocycles. The van der Waals surface area contributed by atoms with Crippen LogP contribution in [0.5, 0.6) is 0 Å². The monoisotopic (exact) mass is 294 g/mol. The third kappa shape index (κ3) is 2.74. The molecule has 5 heteroatoms. The first-order valence-electron chi connectivity index (χ1n) is 7.53. The van der Waals surface area contributed by atoms with Crippen LogP contribution in [0.25, 0.3) is 0 Å². The number of hydrogen-bond donors (Lipinski definition) is 0. The first kappa shape index (κ1) is 14.0. The normalized spacial score (nSPS) is 30.7. The highest BCUT2D eigenvalue weighted by Gasteiger charge is 2.29. The Labute approximate surface area is 124 Å². The van der Waals surface area contributed by atoms with Crippen molar-refractivity contribution < 1.29 is 9.53 Å². The molecule has 4 nitrogen and oxygen atoms in total. The van der Waals surface area contributed by atoms with Gasteiger partial charge < -0.3 is 9.64 Å². The van der Waals surface area contributed by atoms with Gasteiger partial charge in [0.2, 0.25) is 0 Å². The molecule has 2 aliphatic rings. The standard InChI is InChI=1S/C15H22N2O2S/c1-10-5-6-17(11(2)8-10)15(18)12-9-20-14(16-12)13-4-3-7-19-13/h9-11,13H,3-8H2,1-2H3/t10-,11-,13?/m1/s1. The molecular weight excluding hydrogens is 272 g/mol. The molecule has 2 fully saturated rings. The minimum absolute atomic E-state index is 0.0879. The van der Waals surface area contributed by atoms with Crippen molar-refractivity contribution in [1.82, 2.24) is 9.88 Å². The van der Waals surface area contributed by atoms with E-state index in [1.165, 1.54) is 0 Å². The molecule has 2 aliphatic heterocycles. The Hall–Kier alpha value is -0.940. The average Bonchev–Trinajstić information content (AvgIpc) is 3.09. The number of carbonyl (C=O) groups excluding carboxylic acids is 1. The summed E-state index contributed by atoms with van der Waals surface area (Å²) in [7, 11) is 0. The lowest BCUT2D eigenvalue weighted by molar-refractivity contribution is 0.0582. The van der Waals surface area contributed by atoms with Gasteiger partial charge in [0.05, 0.1) is 0 Å². The quantitative estimate of drug-likeness (QED) is 0.841. The number of likely N-dealkylation sites (tertiary alicyclic amines) is 1. The second-order valence-electron chi connectivity index (χ2n) is 6.05. The first-order chi connectivity index (χ1) is 9.65. The van der Waals surface area contributed by atoms with E-state index in [-0.39, 0.29) is 12.0 Å². The lowest BCUT2D eigenvalue weighted by Crippen LogP contribution is -2.44. The second kappa shape index (κ2) is 5.82. The van der Waals surface area contributed by atoms with E-state index in [0.717, 1.165) is 43.8 Å². The van der Waals surface area contributed by atoms with Gasteiger partial charge in [0.15, 0.2) is 0 Å².